The Morgan fingerprint density at radius 2 is 1.18 bits per heavy atom. The Labute approximate surface area is 190 Å². The Balaban J connectivity index is 1.62. The Morgan fingerprint density at radius 1 is 0.667 bits per heavy atom. The first kappa shape index (κ1) is 20.5. The predicted octanol–water partition coefficient (Wildman–Crippen LogP) is 3.64. The summed E-state index contributed by atoms with van der Waals surface area (Å²) in [5.74, 6) is -4.48. The molecule has 0 bridgehead atoms. The molecule has 3 aromatic rings. The second kappa shape index (κ2) is 8.27. The third kappa shape index (κ3) is 3.53. The third-order valence-electron chi connectivity index (χ3n) is 5.80. The van der Waals surface area contributed by atoms with Gasteiger partial charge in [-0.15, -0.1) is 0 Å². The molecule has 0 N–H and O–H groups in total. The highest BCUT2D eigenvalue weighted by molar-refractivity contribution is 6.46. The lowest BCUT2D eigenvalue weighted by Gasteiger charge is -2.40. The number of anilines is 2. The molecular formula is C26H19N3O4. The van der Waals surface area contributed by atoms with Crippen LogP contribution in [0.25, 0.3) is 0 Å². The van der Waals surface area contributed by atoms with Crippen LogP contribution in [-0.4, -0.2) is 29.5 Å². The normalized spacial score (nSPS) is 20.5. The molecule has 162 valence electrons. The van der Waals surface area contributed by atoms with E-state index >= 15 is 0 Å². The number of hydrogen-bond acceptors (Lipinski definition) is 4. The summed E-state index contributed by atoms with van der Waals surface area (Å²) in [6, 6.07) is 25.4. The van der Waals surface area contributed by atoms with Crippen LogP contribution in [0.5, 0.6) is 0 Å². The number of aliphatic imine (C=N–C) groups is 1. The van der Waals surface area contributed by atoms with Gasteiger partial charge in [0.2, 0.25) is 0 Å². The number of urea groups is 1. The number of hydrogen-bond donors (Lipinski definition) is 0. The summed E-state index contributed by atoms with van der Waals surface area (Å²) in [5.41, 5.74) is 1.56. The Hall–Kier alpha value is -4.39. The van der Waals surface area contributed by atoms with Gasteiger partial charge >= 0.3 is 6.03 Å². The zero-order chi connectivity index (χ0) is 22.9. The summed E-state index contributed by atoms with van der Waals surface area (Å²) in [6.45, 7) is 0. The largest absolute Gasteiger partial charge is 0.341 e. The van der Waals surface area contributed by atoms with Crippen LogP contribution in [0.2, 0.25) is 0 Å². The highest BCUT2D eigenvalue weighted by Crippen LogP contribution is 2.34. The Kier molecular flexibility index (Phi) is 5.14. The van der Waals surface area contributed by atoms with E-state index < -0.39 is 35.5 Å². The van der Waals surface area contributed by atoms with E-state index in [2.05, 4.69) is 4.99 Å². The molecule has 0 radical (unpaired) electrons. The van der Waals surface area contributed by atoms with Crippen molar-refractivity contribution in [2.45, 2.75) is 6.42 Å². The summed E-state index contributed by atoms with van der Waals surface area (Å²) in [5, 5.41) is 0. The highest BCUT2D eigenvalue weighted by Gasteiger charge is 2.54. The van der Waals surface area contributed by atoms with E-state index in [1.54, 1.807) is 60.7 Å². The molecule has 0 saturated carbocycles. The zero-order valence-electron chi connectivity index (χ0n) is 17.5. The van der Waals surface area contributed by atoms with E-state index in [4.69, 9.17) is 0 Å². The second-order valence-electron chi connectivity index (χ2n) is 7.85. The van der Waals surface area contributed by atoms with Crippen LogP contribution < -0.4 is 9.80 Å². The molecular weight excluding hydrogens is 418 g/mol. The fraction of sp³-hybridized carbons (Fsp3) is 0.115. The molecule has 2 heterocycles. The maximum absolute atomic E-state index is 13.6. The van der Waals surface area contributed by atoms with Crippen molar-refractivity contribution < 1.29 is 19.2 Å². The van der Waals surface area contributed by atoms with E-state index in [1.165, 1.54) is 4.90 Å². The average Bonchev–Trinajstić information content (AvgIpc) is 2.83. The zero-order valence-corrected chi connectivity index (χ0v) is 17.5. The molecule has 2 aliphatic heterocycles. The molecule has 7 nitrogen and oxygen atoms in total. The maximum Gasteiger partial charge on any atom is 0.341 e. The summed E-state index contributed by atoms with van der Waals surface area (Å²) in [6.07, 6.45) is 0.143. The van der Waals surface area contributed by atoms with Gasteiger partial charge < -0.3 is 0 Å². The monoisotopic (exact) mass is 437 g/mol. The molecule has 4 amide bonds. The van der Waals surface area contributed by atoms with Crippen LogP contribution in [0, 0.1) is 11.8 Å². The Bertz CT molecular complexity index is 1270. The molecule has 2 unspecified atom stereocenters. The van der Waals surface area contributed by atoms with Crippen LogP contribution in [0.3, 0.4) is 0 Å². The van der Waals surface area contributed by atoms with Gasteiger partial charge in [-0.25, -0.2) is 14.6 Å². The van der Waals surface area contributed by atoms with E-state index in [0.717, 1.165) is 10.5 Å². The number of carbonyl (C=O) groups is 4. The van der Waals surface area contributed by atoms with Gasteiger partial charge in [0.15, 0.2) is 11.7 Å². The lowest BCUT2D eigenvalue weighted by atomic mass is 9.82. The summed E-state index contributed by atoms with van der Waals surface area (Å²) < 4.78 is 0. The molecule has 0 aliphatic carbocycles. The number of rotatable bonds is 4. The van der Waals surface area contributed by atoms with Gasteiger partial charge in [0.05, 0.1) is 11.4 Å². The molecule has 7 heteroatoms. The average molecular weight is 437 g/mol. The minimum absolute atomic E-state index is 0.136. The highest BCUT2D eigenvalue weighted by atomic mass is 16.2. The van der Waals surface area contributed by atoms with Crippen molar-refractivity contribution in [3.05, 3.63) is 96.6 Å². The number of fused-ring (bicyclic) bond motifs is 1. The fourth-order valence-electron chi connectivity index (χ4n) is 4.21. The molecule has 5 rings (SSSR count). The van der Waals surface area contributed by atoms with E-state index in [0.29, 0.717) is 11.4 Å². The predicted molar refractivity (Wildman–Crippen MR) is 123 cm³/mol. The number of Topliss-reactive ketones (excluding diaryl/α,β-unsaturated/α-hetero) is 1. The molecule has 1 saturated heterocycles. The summed E-state index contributed by atoms with van der Waals surface area (Å²) in [4.78, 5) is 59.8. The van der Waals surface area contributed by atoms with E-state index in [1.807, 2.05) is 30.3 Å². The second-order valence-corrected chi connectivity index (χ2v) is 7.85. The van der Waals surface area contributed by atoms with Gasteiger partial charge in [-0.1, -0.05) is 66.7 Å². The Morgan fingerprint density at radius 3 is 1.76 bits per heavy atom. The maximum atomic E-state index is 13.6. The number of benzene rings is 3. The molecule has 0 spiro atoms. The van der Waals surface area contributed by atoms with Crippen molar-refractivity contribution in [3.8, 4) is 0 Å². The van der Waals surface area contributed by atoms with Crippen LogP contribution >= 0.6 is 0 Å². The summed E-state index contributed by atoms with van der Waals surface area (Å²) in [7, 11) is 0. The molecule has 1 fully saturated rings. The van der Waals surface area contributed by atoms with Crippen molar-refractivity contribution in [1.82, 2.24) is 0 Å². The SMILES string of the molecule is O=C1N=C2C(C(=O)C1Cc1ccccc1)C(=O)N(c1ccccc1)C(=O)N2c1ccccc1. The first-order valence-electron chi connectivity index (χ1n) is 10.5. The van der Waals surface area contributed by atoms with E-state index in [-0.39, 0.29) is 12.3 Å². The van der Waals surface area contributed by atoms with Gasteiger partial charge in [-0.05, 0) is 36.2 Å². The number of nitrogens with zero attached hydrogens (tertiary/aromatic N) is 3. The number of carbonyl (C=O) groups excluding carboxylic acids is 4. The quantitative estimate of drug-likeness (QED) is 0.583. The van der Waals surface area contributed by atoms with Gasteiger partial charge in [-0.3, -0.25) is 14.4 Å². The van der Waals surface area contributed by atoms with Crippen LogP contribution in [0.4, 0.5) is 16.2 Å². The van der Waals surface area contributed by atoms with Crippen molar-refractivity contribution in [2.24, 2.45) is 16.8 Å². The van der Waals surface area contributed by atoms with Crippen molar-refractivity contribution >= 4 is 40.8 Å². The van der Waals surface area contributed by atoms with Gasteiger partial charge in [0, 0.05) is 0 Å². The lowest BCUT2D eigenvalue weighted by molar-refractivity contribution is -0.137. The van der Waals surface area contributed by atoms with Gasteiger partial charge in [-0.2, -0.15) is 4.99 Å². The topological polar surface area (TPSA) is 87.1 Å². The van der Waals surface area contributed by atoms with E-state index in [9.17, 15) is 19.2 Å². The van der Waals surface area contributed by atoms with Crippen molar-refractivity contribution in [1.29, 1.82) is 0 Å². The first-order valence-corrected chi connectivity index (χ1v) is 10.5. The van der Waals surface area contributed by atoms with Crippen molar-refractivity contribution in [3.63, 3.8) is 0 Å². The summed E-state index contributed by atoms with van der Waals surface area (Å²) >= 11 is 0. The number of amidine groups is 1. The third-order valence-corrected chi connectivity index (χ3v) is 5.80. The minimum atomic E-state index is -1.35. The molecule has 3 aromatic carbocycles. The standard InChI is InChI=1S/C26H19N3O4/c30-22-20(16-17-10-4-1-5-11-17)24(31)27-23-21(22)25(32)29(19-14-8-3-9-15-19)26(33)28(23)18-12-6-2-7-13-18/h1-15,20-21H,16H2. The smallest absolute Gasteiger partial charge is 0.297 e. The lowest BCUT2D eigenvalue weighted by Crippen LogP contribution is -2.65. The van der Waals surface area contributed by atoms with Gasteiger partial charge in [0.1, 0.15) is 11.8 Å². The number of ketones is 1. The first-order chi connectivity index (χ1) is 16.1. The van der Waals surface area contributed by atoms with Gasteiger partial charge in [0.25, 0.3) is 11.8 Å². The number of para-hydroxylation sites is 2. The van der Waals surface area contributed by atoms with Crippen LogP contribution in [0.15, 0.2) is 96.0 Å². The molecule has 2 aliphatic rings. The minimum Gasteiger partial charge on any atom is -0.297 e. The molecule has 2 atom stereocenters. The molecule has 0 aromatic heterocycles. The number of amides is 4. The molecule has 33 heavy (non-hydrogen) atoms. The van der Waals surface area contributed by atoms with Crippen LogP contribution in [0.1, 0.15) is 5.56 Å². The number of imide groups is 1. The van der Waals surface area contributed by atoms with Crippen LogP contribution in [-0.2, 0) is 20.8 Å². The fourth-order valence-corrected chi connectivity index (χ4v) is 4.21. The van der Waals surface area contributed by atoms with Crippen molar-refractivity contribution in [2.75, 3.05) is 9.80 Å².